The molecule has 4 rings (SSSR count). The van der Waals surface area contributed by atoms with E-state index in [2.05, 4.69) is 20.5 Å². The van der Waals surface area contributed by atoms with Crippen LogP contribution in [0.5, 0.6) is 0 Å². The van der Waals surface area contributed by atoms with Crippen molar-refractivity contribution in [1.82, 2.24) is 19.7 Å². The maximum Gasteiger partial charge on any atom is 0.234 e. The summed E-state index contributed by atoms with van der Waals surface area (Å²) in [6, 6.07) is 13.2. The summed E-state index contributed by atoms with van der Waals surface area (Å²) in [6.07, 6.45) is 0. The lowest BCUT2D eigenvalue weighted by Gasteiger charge is -2.14. The molecule has 158 valence electrons. The molecule has 31 heavy (non-hydrogen) atoms. The Bertz CT molecular complexity index is 1340. The van der Waals surface area contributed by atoms with Crippen LogP contribution >= 0.6 is 23.4 Å². The van der Waals surface area contributed by atoms with E-state index < -0.39 is 0 Å². The predicted octanol–water partition coefficient (Wildman–Crippen LogP) is 4.54. The number of H-pyrrole nitrogens is 1. The highest BCUT2D eigenvalue weighted by molar-refractivity contribution is 7.99. The quantitative estimate of drug-likeness (QED) is 0.306. The molecule has 3 N–H and O–H groups in total. The summed E-state index contributed by atoms with van der Waals surface area (Å²) >= 11 is 7.45. The number of aromatic amines is 1. The number of halogens is 1. The maximum atomic E-state index is 12.5. The van der Waals surface area contributed by atoms with E-state index in [4.69, 9.17) is 17.0 Å². The predicted molar refractivity (Wildman–Crippen MR) is 124 cm³/mol. The summed E-state index contributed by atoms with van der Waals surface area (Å²) in [5.41, 5.74) is 4.98. The summed E-state index contributed by atoms with van der Waals surface area (Å²) in [5.74, 6) is -0.0127. The Kier molecular flexibility index (Phi) is 5.84. The van der Waals surface area contributed by atoms with E-state index in [9.17, 15) is 4.79 Å². The number of hydrogen-bond donors (Lipinski definition) is 3. The third-order valence-corrected chi connectivity index (χ3v) is 6.21. The van der Waals surface area contributed by atoms with Crippen LogP contribution in [0.1, 0.15) is 16.8 Å². The average molecular weight is 453 g/mol. The minimum absolute atomic E-state index is 0.141. The number of rotatable bonds is 5. The fourth-order valence-corrected chi connectivity index (χ4v) is 4.12. The van der Waals surface area contributed by atoms with Crippen molar-refractivity contribution in [3.63, 3.8) is 0 Å². The first-order chi connectivity index (χ1) is 14.8. The van der Waals surface area contributed by atoms with Crippen LogP contribution in [-0.2, 0) is 4.79 Å². The Labute approximate surface area is 188 Å². The molecule has 0 saturated heterocycles. The molecule has 2 aromatic carbocycles. The molecule has 0 aliphatic carbocycles. The van der Waals surface area contributed by atoms with Gasteiger partial charge in [-0.15, -0.1) is 0 Å². The molecular formula is C22H21ClN6OS. The van der Waals surface area contributed by atoms with Crippen molar-refractivity contribution < 1.29 is 4.79 Å². The zero-order chi connectivity index (χ0) is 22.1. The van der Waals surface area contributed by atoms with Gasteiger partial charge in [-0.05, 0) is 56.7 Å². The Balaban J connectivity index is 1.69. The van der Waals surface area contributed by atoms with Crippen molar-refractivity contribution >= 4 is 46.0 Å². The third-order valence-electron chi connectivity index (χ3n) is 4.85. The molecule has 0 atom stereocenters. The van der Waals surface area contributed by atoms with Gasteiger partial charge in [0.2, 0.25) is 5.91 Å². The number of nitrogens with one attached hydrogen (secondary N) is 3. The Hall–Kier alpha value is -3.10. The van der Waals surface area contributed by atoms with Crippen molar-refractivity contribution in [2.24, 2.45) is 0 Å². The molecule has 0 spiro atoms. The number of carbonyl (C=O) groups is 1. The lowest BCUT2D eigenvalue weighted by molar-refractivity contribution is -0.113. The van der Waals surface area contributed by atoms with E-state index in [1.807, 2.05) is 57.2 Å². The van der Waals surface area contributed by atoms with E-state index in [0.717, 1.165) is 28.2 Å². The second kappa shape index (κ2) is 8.56. The zero-order valence-corrected chi connectivity index (χ0v) is 18.9. The van der Waals surface area contributed by atoms with Crippen LogP contribution in [0.25, 0.3) is 16.7 Å². The lowest BCUT2D eigenvalue weighted by atomic mass is 10.2. The van der Waals surface area contributed by atoms with Crippen molar-refractivity contribution in [3.8, 4) is 5.69 Å². The van der Waals surface area contributed by atoms with Crippen molar-refractivity contribution in [3.05, 3.63) is 69.8 Å². The van der Waals surface area contributed by atoms with Gasteiger partial charge in [-0.3, -0.25) is 19.9 Å². The van der Waals surface area contributed by atoms with Crippen molar-refractivity contribution in [2.75, 3.05) is 11.1 Å². The lowest BCUT2D eigenvalue weighted by Crippen LogP contribution is -2.23. The topological polar surface area (TPSA) is 99.5 Å². The first-order valence-electron chi connectivity index (χ1n) is 9.61. The number of aromatic nitrogens is 4. The van der Waals surface area contributed by atoms with Crippen LogP contribution in [0, 0.1) is 26.2 Å². The van der Waals surface area contributed by atoms with E-state index >= 15 is 0 Å². The van der Waals surface area contributed by atoms with Crippen LogP contribution in [0.3, 0.4) is 0 Å². The molecule has 7 nitrogen and oxygen atoms in total. The van der Waals surface area contributed by atoms with E-state index in [1.54, 1.807) is 10.6 Å². The summed E-state index contributed by atoms with van der Waals surface area (Å²) < 4.78 is 1.72. The summed E-state index contributed by atoms with van der Waals surface area (Å²) in [6.45, 7) is 5.76. The number of carbonyl (C=O) groups excluding carboxylic acids is 1. The molecule has 1 amide bonds. The molecule has 2 aromatic heterocycles. The van der Waals surface area contributed by atoms with E-state index in [0.29, 0.717) is 21.2 Å². The zero-order valence-electron chi connectivity index (χ0n) is 17.3. The monoisotopic (exact) mass is 452 g/mol. The molecule has 0 bridgehead atoms. The van der Waals surface area contributed by atoms with Crippen LogP contribution in [-0.4, -0.2) is 31.4 Å². The molecule has 2 heterocycles. The Morgan fingerprint density at radius 2 is 1.94 bits per heavy atom. The normalized spacial score (nSPS) is 11.1. The van der Waals surface area contributed by atoms with Gasteiger partial charge in [0.05, 0.1) is 11.1 Å². The summed E-state index contributed by atoms with van der Waals surface area (Å²) in [7, 11) is 0. The van der Waals surface area contributed by atoms with Crippen molar-refractivity contribution in [2.45, 2.75) is 25.9 Å². The number of fused-ring (bicyclic) bond motifs is 1. The van der Waals surface area contributed by atoms with Gasteiger partial charge in [0.1, 0.15) is 5.49 Å². The van der Waals surface area contributed by atoms with Crippen LogP contribution in [0.4, 0.5) is 5.69 Å². The largest absolute Gasteiger partial charge is 0.325 e. The van der Waals surface area contributed by atoms with Crippen LogP contribution in [0.2, 0.25) is 5.02 Å². The number of hydrogen-bond acceptors (Lipinski definition) is 5. The highest BCUT2D eigenvalue weighted by atomic mass is 35.5. The van der Waals surface area contributed by atoms with Crippen LogP contribution in [0.15, 0.2) is 47.6 Å². The number of nitrogens with zero attached hydrogens (tertiary/aromatic N) is 3. The number of amides is 1. The van der Waals surface area contributed by atoms with Gasteiger partial charge in [0, 0.05) is 22.1 Å². The van der Waals surface area contributed by atoms with Gasteiger partial charge in [-0.2, -0.15) is 5.10 Å². The molecule has 0 aliphatic rings. The minimum atomic E-state index is -0.153. The molecule has 9 heteroatoms. The number of thioether (sulfide) groups is 1. The molecule has 0 fully saturated rings. The second-order valence-electron chi connectivity index (χ2n) is 7.26. The fourth-order valence-electron chi connectivity index (χ4n) is 3.20. The van der Waals surface area contributed by atoms with Gasteiger partial charge in [0.15, 0.2) is 10.8 Å². The molecule has 4 aromatic rings. The first-order valence-corrected chi connectivity index (χ1v) is 11.0. The molecular weight excluding hydrogens is 432 g/mol. The van der Waals surface area contributed by atoms with Crippen LogP contribution < -0.4 is 10.8 Å². The van der Waals surface area contributed by atoms with E-state index in [1.165, 1.54) is 11.8 Å². The van der Waals surface area contributed by atoms with Crippen molar-refractivity contribution in [1.29, 1.82) is 5.41 Å². The Morgan fingerprint density at radius 3 is 2.65 bits per heavy atom. The fraction of sp³-hybridized carbons (Fsp3) is 0.182. The number of aryl methyl sites for hydroxylation is 3. The van der Waals surface area contributed by atoms with Gasteiger partial charge in [0.25, 0.3) is 0 Å². The third kappa shape index (κ3) is 4.35. The highest BCUT2D eigenvalue weighted by Gasteiger charge is 2.17. The summed E-state index contributed by atoms with van der Waals surface area (Å²) in [4.78, 5) is 17.1. The van der Waals surface area contributed by atoms with Gasteiger partial charge >= 0.3 is 0 Å². The molecule has 0 saturated carbocycles. The molecule has 0 radical (unpaired) electrons. The van der Waals surface area contributed by atoms with E-state index in [-0.39, 0.29) is 17.1 Å². The number of benzene rings is 2. The smallest absolute Gasteiger partial charge is 0.234 e. The SMILES string of the molecule is Cc1ccc(NC(=O)CSc2nc3n[nH]c(C)c3c(=N)n2-c2ccc(Cl)c(C)c2)cc1. The molecule has 0 aliphatic heterocycles. The first kappa shape index (κ1) is 21.1. The van der Waals surface area contributed by atoms with Gasteiger partial charge < -0.3 is 5.32 Å². The standard InChI is InChI=1S/C22H21ClN6OS/c1-12-4-6-15(7-5-12)25-18(30)11-31-22-26-21-19(14(3)27-28-21)20(24)29(22)16-8-9-17(23)13(2)10-16/h4-10,24H,11H2,1-3H3,(H,25,30)(H,27,28). The van der Waals surface area contributed by atoms with Gasteiger partial charge in [-0.1, -0.05) is 41.1 Å². The maximum absolute atomic E-state index is 12.5. The average Bonchev–Trinajstić information content (AvgIpc) is 3.11. The number of anilines is 1. The minimum Gasteiger partial charge on any atom is -0.325 e. The van der Waals surface area contributed by atoms with Gasteiger partial charge in [-0.25, -0.2) is 4.98 Å². The molecule has 0 unspecified atom stereocenters. The highest BCUT2D eigenvalue weighted by Crippen LogP contribution is 2.24. The second-order valence-corrected chi connectivity index (χ2v) is 8.61. The summed E-state index contributed by atoms with van der Waals surface area (Å²) in [5, 5.41) is 20.6. The Morgan fingerprint density at radius 1 is 1.19 bits per heavy atom.